The van der Waals surface area contributed by atoms with Gasteiger partial charge in [-0.1, -0.05) is 13.8 Å². The van der Waals surface area contributed by atoms with Gasteiger partial charge < -0.3 is 0 Å². The first kappa shape index (κ1) is 8.88. The summed E-state index contributed by atoms with van der Waals surface area (Å²) in [4.78, 5) is 13.0. The average Bonchev–Trinajstić information content (AvgIpc) is 2.55. The lowest BCUT2D eigenvalue weighted by Gasteiger charge is -2.16. The summed E-state index contributed by atoms with van der Waals surface area (Å²) >= 11 is 1.51. The second kappa shape index (κ2) is 3.22. The van der Waals surface area contributed by atoms with Gasteiger partial charge in [-0.15, -0.1) is 0 Å². The Morgan fingerprint density at radius 2 is 2.38 bits per heavy atom. The van der Waals surface area contributed by atoms with Crippen molar-refractivity contribution in [1.82, 2.24) is 4.37 Å². The van der Waals surface area contributed by atoms with Crippen LogP contribution in [0.2, 0.25) is 0 Å². The van der Waals surface area contributed by atoms with Gasteiger partial charge in [0.2, 0.25) is 0 Å². The van der Waals surface area contributed by atoms with Crippen molar-refractivity contribution in [2.75, 3.05) is 0 Å². The van der Waals surface area contributed by atoms with Crippen molar-refractivity contribution in [3.63, 3.8) is 0 Å². The number of carbonyl (C=O) groups excluding carboxylic acids is 1. The molecule has 0 saturated heterocycles. The zero-order valence-corrected chi connectivity index (χ0v) is 8.78. The predicted molar refractivity (Wildman–Crippen MR) is 53.3 cm³/mol. The van der Waals surface area contributed by atoms with Crippen molar-refractivity contribution in [3.05, 3.63) is 16.1 Å². The van der Waals surface area contributed by atoms with Crippen molar-refractivity contribution in [2.24, 2.45) is 5.92 Å². The lowest BCUT2D eigenvalue weighted by atomic mass is 9.87. The van der Waals surface area contributed by atoms with E-state index in [1.165, 1.54) is 16.4 Å². The molecule has 0 aliphatic heterocycles. The highest BCUT2D eigenvalue weighted by atomic mass is 32.1. The minimum atomic E-state index is 0.203. The molecule has 0 aromatic carbocycles. The van der Waals surface area contributed by atoms with E-state index in [0.29, 0.717) is 5.78 Å². The average molecular weight is 195 g/mol. The number of fused-ring (bicyclic) bond motifs is 1. The first-order chi connectivity index (χ1) is 6.24. The van der Waals surface area contributed by atoms with E-state index in [4.69, 9.17) is 0 Å². The van der Waals surface area contributed by atoms with Crippen LogP contribution in [0.15, 0.2) is 0 Å². The smallest absolute Gasteiger partial charge is 0.168 e. The Labute approximate surface area is 82.1 Å². The fourth-order valence-electron chi connectivity index (χ4n) is 1.78. The van der Waals surface area contributed by atoms with Crippen LogP contribution in [-0.2, 0) is 12.8 Å². The van der Waals surface area contributed by atoms with Crippen LogP contribution in [0.3, 0.4) is 0 Å². The van der Waals surface area contributed by atoms with E-state index in [2.05, 4.69) is 11.3 Å². The second-order valence-electron chi connectivity index (χ2n) is 3.58. The molecule has 2 rings (SSSR count). The maximum Gasteiger partial charge on any atom is 0.168 e. The Kier molecular flexibility index (Phi) is 2.20. The second-order valence-corrected chi connectivity index (χ2v) is 4.44. The van der Waals surface area contributed by atoms with Crippen molar-refractivity contribution in [3.8, 4) is 0 Å². The molecule has 0 bridgehead atoms. The monoisotopic (exact) mass is 195 g/mol. The first-order valence-corrected chi connectivity index (χ1v) is 5.53. The van der Waals surface area contributed by atoms with E-state index in [1.807, 2.05) is 6.92 Å². The highest BCUT2D eigenvalue weighted by Crippen LogP contribution is 2.30. The maximum absolute atomic E-state index is 11.8. The van der Waals surface area contributed by atoms with Gasteiger partial charge in [0.1, 0.15) is 0 Å². The molecule has 1 atom stereocenters. The third kappa shape index (κ3) is 1.31. The van der Waals surface area contributed by atoms with E-state index in [1.54, 1.807) is 0 Å². The Balaban J connectivity index is 2.49. The van der Waals surface area contributed by atoms with E-state index in [-0.39, 0.29) is 5.92 Å². The van der Waals surface area contributed by atoms with Gasteiger partial charge in [0.05, 0.1) is 11.3 Å². The van der Waals surface area contributed by atoms with Crippen LogP contribution in [0, 0.1) is 5.92 Å². The summed E-state index contributed by atoms with van der Waals surface area (Å²) in [6.45, 7) is 4.07. The fourth-order valence-corrected chi connectivity index (χ4v) is 2.74. The van der Waals surface area contributed by atoms with Crippen molar-refractivity contribution in [1.29, 1.82) is 0 Å². The number of aromatic nitrogens is 1. The number of nitrogens with zero attached hydrogens (tertiary/aromatic N) is 1. The molecule has 0 amide bonds. The highest BCUT2D eigenvalue weighted by Gasteiger charge is 2.28. The summed E-state index contributed by atoms with van der Waals surface area (Å²) in [5.41, 5.74) is 1.96. The third-order valence-corrected chi connectivity index (χ3v) is 3.61. The molecule has 1 aliphatic rings. The minimum absolute atomic E-state index is 0.203. The molecule has 1 aliphatic carbocycles. The quantitative estimate of drug-likeness (QED) is 0.689. The molecule has 0 fully saturated rings. The zero-order chi connectivity index (χ0) is 9.42. The SMILES string of the molecule is CCc1nsc2c1C(=O)C(C)CC2. The largest absolute Gasteiger partial charge is 0.294 e. The van der Waals surface area contributed by atoms with Crippen LogP contribution in [-0.4, -0.2) is 10.2 Å². The van der Waals surface area contributed by atoms with Crippen LogP contribution < -0.4 is 0 Å². The molecular formula is C10H13NOS. The zero-order valence-electron chi connectivity index (χ0n) is 7.96. The molecule has 0 N–H and O–H groups in total. The summed E-state index contributed by atoms with van der Waals surface area (Å²) in [7, 11) is 0. The normalized spacial score (nSPS) is 21.7. The lowest BCUT2D eigenvalue weighted by molar-refractivity contribution is 0.0913. The molecule has 0 spiro atoms. The fraction of sp³-hybridized carbons (Fsp3) is 0.600. The molecular weight excluding hydrogens is 182 g/mol. The molecule has 1 aromatic heterocycles. The number of hydrogen-bond acceptors (Lipinski definition) is 3. The van der Waals surface area contributed by atoms with Gasteiger partial charge in [-0.25, -0.2) is 0 Å². The molecule has 1 heterocycles. The number of carbonyl (C=O) groups is 1. The van der Waals surface area contributed by atoms with Gasteiger partial charge in [0.25, 0.3) is 0 Å². The van der Waals surface area contributed by atoms with Crippen LogP contribution in [0.25, 0.3) is 0 Å². The van der Waals surface area contributed by atoms with Gasteiger partial charge in [0, 0.05) is 10.8 Å². The van der Waals surface area contributed by atoms with Gasteiger partial charge in [-0.05, 0) is 30.8 Å². The summed E-state index contributed by atoms with van der Waals surface area (Å²) in [6, 6.07) is 0. The molecule has 1 aromatic rings. The van der Waals surface area contributed by atoms with Crippen LogP contribution in [0.1, 0.15) is 41.2 Å². The third-order valence-electron chi connectivity index (χ3n) is 2.67. The Bertz CT molecular complexity index is 329. The molecule has 70 valence electrons. The van der Waals surface area contributed by atoms with Crippen molar-refractivity contribution >= 4 is 17.3 Å². The maximum atomic E-state index is 11.8. The number of Topliss-reactive ketones (excluding diaryl/α,β-unsaturated/α-hetero) is 1. The van der Waals surface area contributed by atoms with Crippen LogP contribution in [0.5, 0.6) is 0 Å². The van der Waals surface area contributed by atoms with Crippen molar-refractivity contribution < 1.29 is 4.79 Å². The van der Waals surface area contributed by atoms with Gasteiger partial charge in [0.15, 0.2) is 5.78 Å². The van der Waals surface area contributed by atoms with E-state index < -0.39 is 0 Å². The summed E-state index contributed by atoms with van der Waals surface area (Å²) < 4.78 is 4.32. The number of ketones is 1. The molecule has 2 nitrogen and oxygen atoms in total. The van der Waals surface area contributed by atoms with Crippen molar-refractivity contribution in [2.45, 2.75) is 33.1 Å². The number of aryl methyl sites for hydroxylation is 2. The molecule has 0 radical (unpaired) electrons. The standard InChI is InChI=1S/C10H13NOS/c1-3-7-9-8(13-11-7)5-4-6(2)10(9)12/h6H,3-5H2,1-2H3. The summed E-state index contributed by atoms with van der Waals surface area (Å²) in [5, 5.41) is 0. The molecule has 1 unspecified atom stereocenters. The minimum Gasteiger partial charge on any atom is -0.294 e. The molecule has 13 heavy (non-hydrogen) atoms. The Morgan fingerprint density at radius 3 is 3.08 bits per heavy atom. The first-order valence-electron chi connectivity index (χ1n) is 4.75. The highest BCUT2D eigenvalue weighted by molar-refractivity contribution is 7.06. The van der Waals surface area contributed by atoms with Gasteiger partial charge in [-0.3, -0.25) is 4.79 Å². The topological polar surface area (TPSA) is 30.0 Å². The number of rotatable bonds is 1. The number of hydrogen-bond donors (Lipinski definition) is 0. The lowest BCUT2D eigenvalue weighted by Crippen LogP contribution is -2.19. The Morgan fingerprint density at radius 1 is 1.62 bits per heavy atom. The summed E-state index contributed by atoms with van der Waals surface area (Å²) in [6.07, 6.45) is 2.92. The predicted octanol–water partition coefficient (Wildman–Crippen LogP) is 2.47. The molecule has 0 saturated carbocycles. The Hall–Kier alpha value is -0.700. The van der Waals surface area contributed by atoms with Crippen LogP contribution in [0.4, 0.5) is 0 Å². The van der Waals surface area contributed by atoms with Crippen LogP contribution >= 0.6 is 11.5 Å². The van der Waals surface area contributed by atoms with E-state index in [9.17, 15) is 4.79 Å². The van der Waals surface area contributed by atoms with Gasteiger partial charge in [-0.2, -0.15) is 4.37 Å². The van der Waals surface area contributed by atoms with Gasteiger partial charge >= 0.3 is 0 Å². The van der Waals surface area contributed by atoms with E-state index in [0.717, 1.165) is 30.5 Å². The van der Waals surface area contributed by atoms with E-state index >= 15 is 0 Å². The summed E-state index contributed by atoms with van der Waals surface area (Å²) in [5.74, 6) is 0.515. The molecule has 3 heteroatoms.